The SMILES string of the molecule is Cc1nn(-c2ccccc2)c2c1CN(C(=O)NC1CCCCC1)[C@H](c1ccccc1)c1cccn1-2. The number of hydrogen-bond donors (Lipinski definition) is 1. The molecule has 1 aliphatic heterocycles. The highest BCUT2D eigenvalue weighted by Gasteiger charge is 2.36. The minimum Gasteiger partial charge on any atom is -0.335 e. The predicted octanol–water partition coefficient (Wildman–Crippen LogP) is 5.92. The number of carbonyl (C=O) groups excluding carboxylic acids is 1. The van der Waals surface area contributed by atoms with Crippen LogP contribution in [0.1, 0.15) is 60.7 Å². The Labute approximate surface area is 206 Å². The summed E-state index contributed by atoms with van der Waals surface area (Å²) in [7, 11) is 0. The summed E-state index contributed by atoms with van der Waals surface area (Å²) in [4.78, 5) is 15.9. The summed E-state index contributed by atoms with van der Waals surface area (Å²) in [6.07, 6.45) is 7.83. The zero-order valence-corrected chi connectivity index (χ0v) is 20.1. The van der Waals surface area contributed by atoms with Gasteiger partial charge in [-0.15, -0.1) is 0 Å². The maximum Gasteiger partial charge on any atom is 0.318 e. The molecule has 0 bridgehead atoms. The van der Waals surface area contributed by atoms with Gasteiger partial charge < -0.3 is 14.8 Å². The van der Waals surface area contributed by atoms with Crippen molar-refractivity contribution in [1.29, 1.82) is 0 Å². The summed E-state index contributed by atoms with van der Waals surface area (Å²) in [5.74, 6) is 1.00. The molecule has 1 fully saturated rings. The molecular formula is C29H31N5O. The lowest BCUT2D eigenvalue weighted by atomic mass is 9.95. The number of rotatable bonds is 3. The number of carbonyl (C=O) groups is 1. The summed E-state index contributed by atoms with van der Waals surface area (Å²) in [6, 6.07) is 24.8. The highest BCUT2D eigenvalue weighted by atomic mass is 16.2. The minimum absolute atomic E-state index is 0.00165. The molecule has 4 aromatic rings. The second kappa shape index (κ2) is 9.10. The van der Waals surface area contributed by atoms with E-state index in [9.17, 15) is 4.79 Å². The van der Waals surface area contributed by atoms with Gasteiger partial charge in [0.1, 0.15) is 5.82 Å². The van der Waals surface area contributed by atoms with Crippen molar-refractivity contribution in [3.63, 3.8) is 0 Å². The van der Waals surface area contributed by atoms with Crippen LogP contribution in [-0.2, 0) is 6.54 Å². The first-order chi connectivity index (χ1) is 17.2. The van der Waals surface area contributed by atoms with Crippen LogP contribution in [0.2, 0.25) is 0 Å². The Kier molecular flexibility index (Phi) is 5.64. The second-order valence-electron chi connectivity index (χ2n) is 9.66. The number of nitrogens with zero attached hydrogens (tertiary/aromatic N) is 4. The standard InChI is InChI=1S/C29H31N5O/c1-21-25-20-33(29(35)30-23-14-7-3-8-15-23)27(22-12-5-2-6-13-22)26-18-11-19-32(26)28(25)34(31-21)24-16-9-4-10-17-24/h2,4-6,9-13,16-19,23,27H,3,7-8,14-15,20H2,1H3,(H,30,35)/t27-/m1/s1. The van der Waals surface area contributed by atoms with E-state index < -0.39 is 0 Å². The van der Waals surface area contributed by atoms with Crippen LogP contribution in [0, 0.1) is 6.92 Å². The number of fused-ring (bicyclic) bond motifs is 3. The van der Waals surface area contributed by atoms with Gasteiger partial charge in [0, 0.05) is 17.8 Å². The summed E-state index contributed by atoms with van der Waals surface area (Å²) in [6.45, 7) is 2.54. The molecule has 2 aromatic carbocycles. The average molecular weight is 466 g/mol. The van der Waals surface area contributed by atoms with Gasteiger partial charge in [0.05, 0.1) is 29.7 Å². The molecule has 35 heavy (non-hydrogen) atoms. The van der Waals surface area contributed by atoms with E-state index in [4.69, 9.17) is 5.10 Å². The van der Waals surface area contributed by atoms with Gasteiger partial charge in [-0.05, 0) is 49.6 Å². The third-order valence-electron chi connectivity index (χ3n) is 7.40. The molecule has 0 unspecified atom stereocenters. The maximum absolute atomic E-state index is 13.9. The zero-order chi connectivity index (χ0) is 23.8. The third-order valence-corrected chi connectivity index (χ3v) is 7.40. The Bertz CT molecular complexity index is 1320. The Morgan fingerprint density at radius 3 is 2.37 bits per heavy atom. The predicted molar refractivity (Wildman–Crippen MR) is 137 cm³/mol. The van der Waals surface area contributed by atoms with E-state index in [0.717, 1.165) is 46.9 Å². The maximum atomic E-state index is 13.9. The molecule has 2 aromatic heterocycles. The normalized spacial score (nSPS) is 18.0. The fourth-order valence-corrected chi connectivity index (χ4v) is 5.64. The molecule has 6 rings (SSSR count). The number of benzene rings is 2. The van der Waals surface area contributed by atoms with Crippen LogP contribution in [0.15, 0.2) is 79.0 Å². The van der Waals surface area contributed by atoms with Crippen molar-refractivity contribution < 1.29 is 4.79 Å². The fourth-order valence-electron chi connectivity index (χ4n) is 5.64. The van der Waals surface area contributed by atoms with Gasteiger partial charge in [-0.25, -0.2) is 9.48 Å². The molecule has 0 radical (unpaired) electrons. The topological polar surface area (TPSA) is 55.1 Å². The van der Waals surface area contributed by atoms with Crippen molar-refractivity contribution in [2.75, 3.05) is 0 Å². The Hall–Kier alpha value is -3.80. The van der Waals surface area contributed by atoms with Crippen LogP contribution in [0.3, 0.4) is 0 Å². The van der Waals surface area contributed by atoms with E-state index >= 15 is 0 Å². The van der Waals surface area contributed by atoms with Crippen molar-refractivity contribution in [2.24, 2.45) is 0 Å². The van der Waals surface area contributed by atoms with Gasteiger partial charge >= 0.3 is 6.03 Å². The lowest BCUT2D eigenvalue weighted by Crippen LogP contribution is -2.46. The number of aromatic nitrogens is 3. The molecule has 1 atom stereocenters. The third kappa shape index (κ3) is 3.93. The minimum atomic E-state index is -0.203. The second-order valence-corrected chi connectivity index (χ2v) is 9.66. The van der Waals surface area contributed by atoms with Crippen LogP contribution < -0.4 is 5.32 Å². The first-order valence-corrected chi connectivity index (χ1v) is 12.6. The van der Waals surface area contributed by atoms with Crippen molar-refractivity contribution >= 4 is 6.03 Å². The van der Waals surface area contributed by atoms with Gasteiger partial charge in [0.25, 0.3) is 0 Å². The van der Waals surface area contributed by atoms with E-state index in [-0.39, 0.29) is 18.1 Å². The monoisotopic (exact) mass is 465 g/mol. The zero-order valence-electron chi connectivity index (χ0n) is 20.1. The van der Waals surface area contributed by atoms with Crippen molar-refractivity contribution in [1.82, 2.24) is 24.6 Å². The lowest BCUT2D eigenvalue weighted by Gasteiger charge is -2.33. The summed E-state index contributed by atoms with van der Waals surface area (Å²) in [5.41, 5.74) is 5.18. The van der Waals surface area contributed by atoms with Crippen molar-refractivity contribution in [3.8, 4) is 11.5 Å². The molecule has 2 amide bonds. The lowest BCUT2D eigenvalue weighted by molar-refractivity contribution is 0.173. The summed E-state index contributed by atoms with van der Waals surface area (Å²) < 4.78 is 4.23. The Balaban J connectivity index is 1.50. The van der Waals surface area contributed by atoms with E-state index in [1.807, 2.05) is 40.8 Å². The molecule has 1 aliphatic carbocycles. The van der Waals surface area contributed by atoms with Gasteiger partial charge in [-0.3, -0.25) is 0 Å². The summed E-state index contributed by atoms with van der Waals surface area (Å²) >= 11 is 0. The number of aryl methyl sites for hydroxylation is 1. The molecule has 0 spiro atoms. The average Bonchev–Trinajstić information content (AvgIpc) is 3.46. The van der Waals surface area contributed by atoms with Gasteiger partial charge in [0.2, 0.25) is 0 Å². The number of urea groups is 1. The fraction of sp³-hybridized carbons (Fsp3) is 0.310. The van der Waals surface area contributed by atoms with Gasteiger partial charge in [-0.1, -0.05) is 67.8 Å². The van der Waals surface area contributed by atoms with Crippen LogP contribution >= 0.6 is 0 Å². The number of nitrogens with one attached hydrogen (secondary N) is 1. The Morgan fingerprint density at radius 1 is 0.914 bits per heavy atom. The number of para-hydroxylation sites is 1. The van der Waals surface area contributed by atoms with Gasteiger partial charge in [-0.2, -0.15) is 5.10 Å². The Morgan fingerprint density at radius 2 is 1.63 bits per heavy atom. The van der Waals surface area contributed by atoms with E-state index in [1.54, 1.807) is 0 Å². The van der Waals surface area contributed by atoms with Crippen LogP contribution in [0.4, 0.5) is 4.79 Å². The molecule has 3 heterocycles. The highest BCUT2D eigenvalue weighted by molar-refractivity contribution is 5.76. The molecule has 1 N–H and O–H groups in total. The largest absolute Gasteiger partial charge is 0.335 e. The molecule has 6 nitrogen and oxygen atoms in total. The summed E-state index contributed by atoms with van der Waals surface area (Å²) in [5, 5.41) is 8.31. The van der Waals surface area contributed by atoms with Gasteiger partial charge in [0.15, 0.2) is 0 Å². The molecule has 6 heteroatoms. The number of amides is 2. The molecule has 178 valence electrons. The quantitative estimate of drug-likeness (QED) is 0.408. The van der Waals surface area contributed by atoms with Crippen LogP contribution in [0.5, 0.6) is 0 Å². The van der Waals surface area contributed by atoms with Crippen LogP contribution in [-0.4, -0.2) is 31.3 Å². The van der Waals surface area contributed by atoms with E-state index in [1.165, 1.54) is 19.3 Å². The molecule has 0 saturated heterocycles. The number of hydrogen-bond acceptors (Lipinski definition) is 2. The molecular weight excluding hydrogens is 434 g/mol. The smallest absolute Gasteiger partial charge is 0.318 e. The first kappa shape index (κ1) is 21.7. The van der Waals surface area contributed by atoms with Crippen molar-refractivity contribution in [2.45, 2.75) is 57.7 Å². The van der Waals surface area contributed by atoms with E-state index in [2.05, 4.69) is 64.6 Å². The molecule has 2 aliphatic rings. The van der Waals surface area contributed by atoms with Crippen LogP contribution in [0.25, 0.3) is 11.5 Å². The van der Waals surface area contributed by atoms with E-state index in [0.29, 0.717) is 6.54 Å². The van der Waals surface area contributed by atoms with Crippen molar-refractivity contribution in [3.05, 3.63) is 102 Å². The highest BCUT2D eigenvalue weighted by Crippen LogP contribution is 2.38. The molecule has 1 saturated carbocycles. The first-order valence-electron chi connectivity index (χ1n) is 12.6.